The van der Waals surface area contributed by atoms with Crippen molar-refractivity contribution in [2.45, 2.75) is 58.3 Å². The monoisotopic (exact) mass is 522 g/mol. The van der Waals surface area contributed by atoms with Crippen molar-refractivity contribution in [3.8, 4) is 11.3 Å². The van der Waals surface area contributed by atoms with Crippen LogP contribution in [-0.4, -0.2) is 63.9 Å². The molecule has 2 aliphatic rings. The van der Waals surface area contributed by atoms with Gasteiger partial charge >= 0.3 is 12.3 Å². The quantitative estimate of drug-likeness (QED) is 0.597. The number of carbonyl (C=O) groups is 1. The third-order valence-electron chi connectivity index (χ3n) is 7.61. The van der Waals surface area contributed by atoms with Crippen molar-refractivity contribution in [2.75, 3.05) is 37.4 Å². The third kappa shape index (κ3) is 4.78. The van der Waals surface area contributed by atoms with Crippen molar-refractivity contribution in [1.29, 1.82) is 0 Å². The largest absolute Gasteiger partial charge is 0.465 e. The molecule has 3 atom stereocenters. The molecular formula is C25H33F3N6O3. The Morgan fingerprint density at radius 2 is 1.97 bits per heavy atom. The number of hydrogen-bond acceptors (Lipinski definition) is 7. The van der Waals surface area contributed by atoms with Crippen LogP contribution in [0.3, 0.4) is 0 Å². The molecule has 1 saturated heterocycles. The second kappa shape index (κ2) is 9.30. The molecule has 2 unspecified atom stereocenters. The fourth-order valence-corrected chi connectivity index (χ4v) is 5.62. The van der Waals surface area contributed by atoms with Gasteiger partial charge in [-0.3, -0.25) is 4.90 Å². The van der Waals surface area contributed by atoms with E-state index in [4.69, 9.17) is 15.5 Å². The van der Waals surface area contributed by atoms with E-state index in [-0.39, 0.29) is 40.4 Å². The Bertz CT molecular complexity index is 1190. The predicted molar refractivity (Wildman–Crippen MR) is 132 cm³/mol. The van der Waals surface area contributed by atoms with Gasteiger partial charge in [0, 0.05) is 25.4 Å². The van der Waals surface area contributed by atoms with Crippen LogP contribution in [0, 0.1) is 11.3 Å². The summed E-state index contributed by atoms with van der Waals surface area (Å²) >= 11 is 0. The highest BCUT2D eigenvalue weighted by Gasteiger charge is 2.58. The van der Waals surface area contributed by atoms with Crippen LogP contribution in [-0.2, 0) is 16.5 Å². The third-order valence-corrected chi connectivity index (χ3v) is 7.61. The van der Waals surface area contributed by atoms with E-state index in [9.17, 15) is 23.1 Å². The first-order valence-electron chi connectivity index (χ1n) is 12.2. The summed E-state index contributed by atoms with van der Waals surface area (Å²) in [6.07, 6.45) is -3.55. The SMILES string of the molecule is CC1COCCN1c1nc(-c2cnc(N)cc2C(F)(F)F)cc([C@]2(N(C)C(=O)O)CCC2C(C)(C)C)n1. The van der Waals surface area contributed by atoms with Crippen LogP contribution in [0.15, 0.2) is 18.3 Å². The summed E-state index contributed by atoms with van der Waals surface area (Å²) in [5.74, 6) is -0.155. The van der Waals surface area contributed by atoms with Crippen molar-refractivity contribution in [3.63, 3.8) is 0 Å². The minimum Gasteiger partial charge on any atom is -0.465 e. The zero-order valence-corrected chi connectivity index (χ0v) is 21.6. The lowest BCUT2D eigenvalue weighted by atomic mass is 9.54. The van der Waals surface area contributed by atoms with Gasteiger partial charge in [0.25, 0.3) is 0 Å². The second-order valence-electron chi connectivity index (χ2n) is 10.9. The molecule has 1 amide bonds. The maximum atomic E-state index is 14.1. The number of ether oxygens (including phenoxy) is 1. The Kier molecular flexibility index (Phi) is 6.76. The number of nitrogen functional groups attached to an aromatic ring is 1. The molecule has 3 heterocycles. The lowest BCUT2D eigenvalue weighted by Crippen LogP contribution is -2.61. The van der Waals surface area contributed by atoms with Crippen LogP contribution in [0.5, 0.6) is 0 Å². The number of alkyl halides is 3. The number of nitrogens with zero attached hydrogens (tertiary/aromatic N) is 5. The molecule has 3 N–H and O–H groups in total. The average Bonchev–Trinajstić information content (AvgIpc) is 2.77. The second-order valence-corrected chi connectivity index (χ2v) is 10.9. The van der Waals surface area contributed by atoms with Crippen LogP contribution in [0.1, 0.15) is 51.8 Å². The smallest absolute Gasteiger partial charge is 0.417 e. The first-order chi connectivity index (χ1) is 17.2. The number of pyridine rings is 1. The summed E-state index contributed by atoms with van der Waals surface area (Å²) in [6, 6.07) is 2.14. The van der Waals surface area contributed by atoms with Gasteiger partial charge in [0.05, 0.1) is 41.7 Å². The van der Waals surface area contributed by atoms with Crippen molar-refractivity contribution >= 4 is 17.9 Å². The first-order valence-corrected chi connectivity index (χ1v) is 12.2. The number of hydrogen-bond donors (Lipinski definition) is 2. The molecule has 0 spiro atoms. The fourth-order valence-electron chi connectivity index (χ4n) is 5.62. The minimum atomic E-state index is -4.70. The molecule has 37 heavy (non-hydrogen) atoms. The molecule has 0 aromatic carbocycles. The molecule has 202 valence electrons. The maximum Gasteiger partial charge on any atom is 0.417 e. The molecule has 0 radical (unpaired) electrons. The Balaban J connectivity index is 2.00. The van der Waals surface area contributed by atoms with Crippen molar-refractivity contribution in [1.82, 2.24) is 19.9 Å². The zero-order chi connectivity index (χ0) is 27.3. The average molecular weight is 523 g/mol. The molecule has 2 aromatic rings. The molecule has 1 aliphatic carbocycles. The summed E-state index contributed by atoms with van der Waals surface area (Å²) < 4.78 is 47.7. The van der Waals surface area contributed by atoms with Crippen molar-refractivity contribution in [2.24, 2.45) is 11.3 Å². The van der Waals surface area contributed by atoms with E-state index >= 15 is 0 Å². The van der Waals surface area contributed by atoms with Gasteiger partial charge in [0.1, 0.15) is 5.82 Å². The number of rotatable bonds is 4. The molecule has 2 aromatic heterocycles. The number of morpholine rings is 1. The highest BCUT2D eigenvalue weighted by atomic mass is 19.4. The van der Waals surface area contributed by atoms with E-state index in [1.165, 1.54) is 18.0 Å². The van der Waals surface area contributed by atoms with Crippen LogP contribution >= 0.6 is 0 Å². The van der Waals surface area contributed by atoms with Gasteiger partial charge in [-0.05, 0) is 43.2 Å². The van der Waals surface area contributed by atoms with Gasteiger partial charge in [-0.25, -0.2) is 19.7 Å². The highest BCUT2D eigenvalue weighted by Crippen LogP contribution is 2.57. The summed E-state index contributed by atoms with van der Waals surface area (Å²) in [7, 11) is 1.49. The first kappa shape index (κ1) is 26.9. The number of carboxylic acid groups (broad SMARTS) is 1. The van der Waals surface area contributed by atoms with Crippen molar-refractivity contribution < 1.29 is 27.8 Å². The number of anilines is 2. The standard InChI is InChI=1S/C25H33F3N6O3/c1-14-13-37-9-8-34(14)21-31-17(15-12-30-20(29)10-16(15)25(26,27)28)11-19(32-21)24(33(5)22(35)36)7-6-18(24)23(2,3)4/h10-12,14,18H,6-9,13H2,1-5H3,(H2,29,30)(H,35,36)/t14?,18?,24-/m0/s1. The Morgan fingerprint density at radius 1 is 1.27 bits per heavy atom. The number of aromatic nitrogens is 3. The van der Waals surface area contributed by atoms with E-state index in [0.29, 0.717) is 31.9 Å². The summed E-state index contributed by atoms with van der Waals surface area (Å²) in [4.78, 5) is 28.7. The van der Waals surface area contributed by atoms with Gasteiger partial charge in [0.15, 0.2) is 0 Å². The van der Waals surface area contributed by atoms with E-state index in [1.54, 1.807) is 0 Å². The minimum absolute atomic E-state index is 0.0104. The van der Waals surface area contributed by atoms with E-state index < -0.39 is 23.4 Å². The van der Waals surface area contributed by atoms with E-state index in [0.717, 1.165) is 18.7 Å². The lowest BCUT2D eigenvalue weighted by Gasteiger charge is -2.58. The Morgan fingerprint density at radius 3 is 2.51 bits per heavy atom. The predicted octanol–water partition coefficient (Wildman–Crippen LogP) is 4.63. The number of amides is 1. The van der Waals surface area contributed by atoms with E-state index in [1.807, 2.05) is 32.6 Å². The van der Waals surface area contributed by atoms with E-state index in [2.05, 4.69) is 9.97 Å². The van der Waals surface area contributed by atoms with Gasteiger partial charge in [-0.15, -0.1) is 0 Å². The fraction of sp³-hybridized carbons (Fsp3) is 0.600. The molecule has 1 aliphatic heterocycles. The summed E-state index contributed by atoms with van der Waals surface area (Å²) in [5, 5.41) is 10.0. The van der Waals surface area contributed by atoms with Crippen LogP contribution in [0.25, 0.3) is 11.3 Å². The summed E-state index contributed by atoms with van der Waals surface area (Å²) in [5.41, 5.74) is 3.44. The topological polar surface area (TPSA) is 118 Å². The van der Waals surface area contributed by atoms with Crippen LogP contribution < -0.4 is 10.6 Å². The molecule has 0 bridgehead atoms. The number of halogens is 3. The molecule has 12 heteroatoms. The van der Waals surface area contributed by atoms with Gasteiger partial charge in [-0.2, -0.15) is 13.2 Å². The van der Waals surface area contributed by atoms with Crippen molar-refractivity contribution in [3.05, 3.63) is 29.6 Å². The van der Waals surface area contributed by atoms with Gasteiger partial charge in [0.2, 0.25) is 5.95 Å². The lowest BCUT2D eigenvalue weighted by molar-refractivity contribution is -0.137. The summed E-state index contributed by atoms with van der Waals surface area (Å²) in [6.45, 7) is 9.27. The highest BCUT2D eigenvalue weighted by molar-refractivity contribution is 5.69. The van der Waals surface area contributed by atoms with Crippen LogP contribution in [0.2, 0.25) is 0 Å². The maximum absolute atomic E-state index is 14.1. The molecular weight excluding hydrogens is 489 g/mol. The van der Waals surface area contributed by atoms with Gasteiger partial charge < -0.3 is 20.5 Å². The van der Waals surface area contributed by atoms with Gasteiger partial charge in [-0.1, -0.05) is 20.8 Å². The molecule has 9 nitrogen and oxygen atoms in total. The van der Waals surface area contributed by atoms with Crippen LogP contribution in [0.4, 0.5) is 29.7 Å². The molecule has 2 fully saturated rings. The zero-order valence-electron chi connectivity index (χ0n) is 21.6. The Labute approximate surface area is 213 Å². The molecule has 1 saturated carbocycles. The normalized spacial score (nSPS) is 24.5. The number of nitrogens with two attached hydrogens (primary N) is 1. The Hall–Kier alpha value is -3.15. The molecule has 4 rings (SSSR count).